The number of halogens is 1. The smallest absolute Gasteiger partial charge is 0.328 e. The molecule has 2 N–H and O–H groups in total. The number of carbonyl (C=O) groups is 4. The lowest BCUT2D eigenvalue weighted by Gasteiger charge is -2.55. The van der Waals surface area contributed by atoms with Gasteiger partial charge >= 0.3 is 6.03 Å². The number of anilines is 2. The summed E-state index contributed by atoms with van der Waals surface area (Å²) in [5.74, 6) is -2.69. The van der Waals surface area contributed by atoms with Crippen LogP contribution in [0.4, 0.5) is 20.7 Å². The number of amides is 5. The molecule has 4 aliphatic rings. The van der Waals surface area contributed by atoms with Crippen LogP contribution in [-0.2, 0) is 30.3 Å². The highest BCUT2D eigenvalue weighted by atomic mass is 19.1. The Morgan fingerprint density at radius 3 is 2.61 bits per heavy atom. The van der Waals surface area contributed by atoms with E-state index in [1.807, 2.05) is 0 Å². The predicted octanol–water partition coefficient (Wildman–Crippen LogP) is 0.123. The maximum Gasteiger partial charge on any atom is 0.328 e. The van der Waals surface area contributed by atoms with Crippen LogP contribution in [-0.4, -0.2) is 98.2 Å². The first kappa shape index (κ1) is 26.8. The number of rotatable bonds is 3. The first-order valence-corrected chi connectivity index (χ1v) is 12.8. The number of likely N-dealkylation sites (N-methyl/N-ethyl adjacent to an activating group) is 1. The van der Waals surface area contributed by atoms with Crippen molar-refractivity contribution in [3.8, 4) is 0 Å². The molecule has 0 unspecified atom stereocenters. The summed E-state index contributed by atoms with van der Waals surface area (Å²) in [6.45, 7) is 6.81. The Morgan fingerprint density at radius 1 is 1.24 bits per heavy atom. The predicted molar refractivity (Wildman–Crippen MR) is 141 cm³/mol. The van der Waals surface area contributed by atoms with Crippen molar-refractivity contribution in [2.75, 3.05) is 37.0 Å². The summed E-state index contributed by atoms with van der Waals surface area (Å²) < 4.78 is 33.5. The molecule has 1 aromatic carbocycles. The van der Waals surface area contributed by atoms with Gasteiger partial charge in [-0.15, -0.1) is 0 Å². The molecule has 15 nitrogen and oxygen atoms in total. The highest BCUT2D eigenvalue weighted by Crippen LogP contribution is 2.50. The van der Waals surface area contributed by atoms with Gasteiger partial charge in [0.1, 0.15) is 6.61 Å². The molecule has 41 heavy (non-hydrogen) atoms. The SMILES string of the molecule is C=NN(C)C(=NC)[C@H]1OCC(=O)N1c1noc2c(F)c3c(cc12)CC1(C(=O)NC(=O)NC1=O)[C@H]1[C@H](C)O[C@H](C)CN31. The second-order valence-electron chi connectivity index (χ2n) is 10.4. The Morgan fingerprint density at radius 2 is 1.95 bits per heavy atom. The van der Waals surface area contributed by atoms with Gasteiger partial charge in [-0.2, -0.15) is 5.10 Å². The van der Waals surface area contributed by atoms with Crippen molar-refractivity contribution in [2.45, 2.75) is 44.7 Å². The summed E-state index contributed by atoms with van der Waals surface area (Å²) in [4.78, 5) is 58.8. The fourth-order valence-electron chi connectivity index (χ4n) is 6.44. The number of carbonyl (C=O) groups excluding carboxylic acids is 4. The number of hydrogen-bond donors (Lipinski definition) is 2. The summed E-state index contributed by atoms with van der Waals surface area (Å²) in [6.07, 6.45) is -2.37. The van der Waals surface area contributed by atoms with Crippen LogP contribution in [0.25, 0.3) is 11.0 Å². The number of morpholine rings is 1. The van der Waals surface area contributed by atoms with E-state index in [0.29, 0.717) is 0 Å². The average molecular weight is 571 g/mol. The summed E-state index contributed by atoms with van der Waals surface area (Å²) in [6, 6.07) is -0.327. The van der Waals surface area contributed by atoms with Crippen LogP contribution >= 0.6 is 0 Å². The number of barbiturate groups is 1. The van der Waals surface area contributed by atoms with E-state index in [1.165, 1.54) is 17.0 Å². The first-order chi connectivity index (χ1) is 19.5. The number of ether oxygens (including phenoxy) is 2. The highest BCUT2D eigenvalue weighted by molar-refractivity contribution is 6.20. The zero-order valence-electron chi connectivity index (χ0n) is 22.6. The molecule has 3 saturated heterocycles. The van der Waals surface area contributed by atoms with Gasteiger partial charge in [0.25, 0.3) is 5.91 Å². The summed E-state index contributed by atoms with van der Waals surface area (Å²) in [5.41, 5.74) is -1.62. The van der Waals surface area contributed by atoms with E-state index < -0.39 is 53.4 Å². The van der Waals surface area contributed by atoms with Crippen molar-refractivity contribution < 1.29 is 37.6 Å². The molecule has 2 aromatic rings. The number of benzene rings is 1. The maximum atomic E-state index is 16.4. The normalized spacial score (nSPS) is 27.6. The molecular weight excluding hydrogens is 543 g/mol. The molecule has 5 amide bonds. The minimum Gasteiger partial charge on any atom is -0.372 e. The monoisotopic (exact) mass is 570 g/mol. The van der Waals surface area contributed by atoms with E-state index in [0.717, 1.165) is 0 Å². The van der Waals surface area contributed by atoms with Gasteiger partial charge in [0, 0.05) is 33.8 Å². The van der Waals surface area contributed by atoms with Crippen molar-refractivity contribution >= 4 is 58.8 Å². The number of fused-ring (bicyclic) bond motifs is 5. The topological polar surface area (TPSA) is 171 Å². The number of aromatic nitrogens is 1. The Labute approximate surface area is 232 Å². The van der Waals surface area contributed by atoms with Crippen molar-refractivity contribution in [2.24, 2.45) is 15.5 Å². The molecule has 1 spiro atoms. The van der Waals surface area contributed by atoms with Gasteiger partial charge in [-0.1, -0.05) is 5.16 Å². The summed E-state index contributed by atoms with van der Waals surface area (Å²) in [5, 5.41) is 13.7. The van der Waals surface area contributed by atoms with Crippen LogP contribution in [0.1, 0.15) is 19.4 Å². The number of hydrazone groups is 1. The van der Waals surface area contributed by atoms with Gasteiger partial charge in [0.2, 0.25) is 17.4 Å². The van der Waals surface area contributed by atoms with Crippen LogP contribution in [0.2, 0.25) is 0 Å². The number of nitrogens with zero attached hydrogens (tertiary/aromatic N) is 6. The van der Waals surface area contributed by atoms with E-state index in [2.05, 4.69) is 32.6 Å². The molecule has 216 valence electrons. The fourth-order valence-corrected chi connectivity index (χ4v) is 6.44. The second kappa shape index (κ2) is 9.31. The van der Waals surface area contributed by atoms with E-state index in [-0.39, 0.29) is 59.5 Å². The first-order valence-electron chi connectivity index (χ1n) is 12.8. The Hall–Kier alpha value is -4.44. The molecule has 5 heterocycles. The van der Waals surface area contributed by atoms with Crippen LogP contribution in [0.5, 0.6) is 0 Å². The van der Waals surface area contributed by atoms with Gasteiger partial charge < -0.3 is 18.9 Å². The molecule has 6 rings (SSSR count). The van der Waals surface area contributed by atoms with E-state index >= 15 is 4.39 Å². The number of imide groups is 2. The molecule has 0 aliphatic carbocycles. The zero-order valence-corrected chi connectivity index (χ0v) is 22.6. The van der Waals surface area contributed by atoms with Crippen LogP contribution in [0, 0.1) is 11.2 Å². The zero-order chi connectivity index (χ0) is 29.4. The lowest BCUT2D eigenvalue weighted by Crippen LogP contribution is -2.75. The van der Waals surface area contributed by atoms with Crippen LogP contribution in [0.3, 0.4) is 0 Å². The highest BCUT2D eigenvalue weighted by Gasteiger charge is 2.63. The average Bonchev–Trinajstić information content (AvgIpc) is 3.50. The number of hydrogen-bond acceptors (Lipinski definition) is 11. The molecular formula is C25H27FN8O7. The van der Waals surface area contributed by atoms with Crippen molar-refractivity contribution in [3.63, 3.8) is 0 Å². The molecule has 0 saturated carbocycles. The molecule has 0 bridgehead atoms. The van der Waals surface area contributed by atoms with E-state index in [9.17, 15) is 19.2 Å². The molecule has 4 atom stereocenters. The minimum absolute atomic E-state index is 0.0413. The summed E-state index contributed by atoms with van der Waals surface area (Å²) >= 11 is 0. The van der Waals surface area contributed by atoms with Crippen molar-refractivity contribution in [3.05, 3.63) is 17.4 Å². The van der Waals surface area contributed by atoms with Gasteiger partial charge in [0.05, 0.1) is 29.3 Å². The van der Waals surface area contributed by atoms with Crippen LogP contribution in [0.15, 0.2) is 20.7 Å². The molecule has 3 fully saturated rings. The lowest BCUT2D eigenvalue weighted by atomic mass is 9.66. The van der Waals surface area contributed by atoms with Gasteiger partial charge in [0.15, 0.2) is 29.1 Å². The number of urea groups is 1. The van der Waals surface area contributed by atoms with Gasteiger partial charge in [-0.25, -0.2) is 9.18 Å². The largest absolute Gasteiger partial charge is 0.372 e. The minimum atomic E-state index is -1.81. The van der Waals surface area contributed by atoms with Crippen molar-refractivity contribution in [1.29, 1.82) is 0 Å². The third-order valence-corrected chi connectivity index (χ3v) is 8.04. The summed E-state index contributed by atoms with van der Waals surface area (Å²) in [7, 11) is 3.06. The van der Waals surface area contributed by atoms with E-state index in [1.54, 1.807) is 31.9 Å². The quantitative estimate of drug-likeness (QED) is 0.224. The van der Waals surface area contributed by atoms with Crippen molar-refractivity contribution in [1.82, 2.24) is 20.8 Å². The second-order valence-corrected chi connectivity index (χ2v) is 10.4. The molecule has 16 heteroatoms. The Kier molecular flexibility index (Phi) is 6.07. The molecule has 0 radical (unpaired) electrons. The molecule has 1 aromatic heterocycles. The van der Waals surface area contributed by atoms with Gasteiger partial charge in [-0.3, -0.25) is 39.9 Å². The number of aliphatic imine (C=N–C) groups is 1. The maximum absolute atomic E-state index is 16.4. The van der Waals surface area contributed by atoms with Crippen LogP contribution < -0.4 is 20.4 Å². The molecule has 4 aliphatic heterocycles. The Balaban J connectivity index is 1.54. The van der Waals surface area contributed by atoms with Gasteiger partial charge in [-0.05, 0) is 25.5 Å². The number of amidine groups is 1. The third kappa shape index (κ3) is 3.66. The Bertz CT molecular complexity index is 1540. The fraction of sp³-hybridized carbons (Fsp3) is 0.480. The lowest BCUT2D eigenvalue weighted by molar-refractivity contribution is -0.153. The number of nitrogens with one attached hydrogen (secondary N) is 2. The third-order valence-electron chi connectivity index (χ3n) is 8.04. The van der Waals surface area contributed by atoms with E-state index in [4.69, 9.17) is 14.0 Å². The standard InChI is InChI=1S/C25H27FN8O7/c1-10-8-33-16-12(7-25(18(33)11(2)40-10)22(36)29-24(38)30-23(25)37)6-13-17(15(16)26)41-31-19(13)34-14(35)9-39-21(34)20(27-3)32(5)28-4/h6,10-11,18,21H,4,7-9H2,1-3,5H3,(H2,29,30,36,37,38)/t10-,11+,18-,21-/m1/s1.